The van der Waals surface area contributed by atoms with E-state index in [1.807, 2.05) is 0 Å². The van der Waals surface area contributed by atoms with Crippen molar-refractivity contribution in [2.45, 2.75) is 38.7 Å². The molecule has 0 aromatic heterocycles. The molecule has 1 unspecified atom stereocenters. The van der Waals surface area contributed by atoms with Crippen LogP contribution in [0.25, 0.3) is 0 Å². The van der Waals surface area contributed by atoms with Crippen LogP contribution in [0, 0.1) is 12.8 Å². The lowest BCUT2D eigenvalue weighted by Crippen LogP contribution is -2.33. The number of carbonyl (C=O) groups excluding carboxylic acids is 1. The van der Waals surface area contributed by atoms with E-state index in [1.165, 1.54) is 32.2 Å². The maximum absolute atomic E-state index is 12.6. The van der Waals surface area contributed by atoms with Crippen molar-refractivity contribution in [1.82, 2.24) is 4.31 Å². The molecule has 0 aliphatic carbocycles. The summed E-state index contributed by atoms with van der Waals surface area (Å²) in [5, 5.41) is 8.92. The molecule has 0 radical (unpaired) electrons. The van der Waals surface area contributed by atoms with Gasteiger partial charge in [0.25, 0.3) is 0 Å². The topological polar surface area (TPSA) is 101 Å². The first-order valence-electron chi connectivity index (χ1n) is 7.47. The Labute approximate surface area is 142 Å². The van der Waals surface area contributed by atoms with Gasteiger partial charge in [0.15, 0.2) is 0 Å². The van der Waals surface area contributed by atoms with Crippen LogP contribution in [0.5, 0.6) is 0 Å². The summed E-state index contributed by atoms with van der Waals surface area (Å²) in [6, 6.07) is 4.17. The standard InChI is InChI=1S/C16H23NO6S/c1-10(2)23-16(20)14-8-13(7-6-11(14)3)24(21,22)17(5)9-12(4)15(18)19/h6-8,10,12H,9H2,1-5H3,(H,18,19). The number of nitrogens with zero attached hydrogens (tertiary/aromatic N) is 1. The van der Waals surface area contributed by atoms with Crippen molar-refractivity contribution in [3.05, 3.63) is 29.3 Å². The smallest absolute Gasteiger partial charge is 0.338 e. The van der Waals surface area contributed by atoms with E-state index in [9.17, 15) is 18.0 Å². The normalized spacial score (nSPS) is 13.1. The number of benzene rings is 1. The summed E-state index contributed by atoms with van der Waals surface area (Å²) in [6.45, 7) is 6.35. The highest BCUT2D eigenvalue weighted by molar-refractivity contribution is 7.89. The van der Waals surface area contributed by atoms with Gasteiger partial charge in [-0.3, -0.25) is 4.79 Å². The molecule has 8 heteroatoms. The number of carboxylic acids is 1. The van der Waals surface area contributed by atoms with E-state index in [4.69, 9.17) is 9.84 Å². The first kappa shape index (κ1) is 20.1. The van der Waals surface area contributed by atoms with E-state index in [2.05, 4.69) is 0 Å². The second-order valence-electron chi connectivity index (χ2n) is 5.96. The average molecular weight is 357 g/mol. The minimum atomic E-state index is -3.91. The van der Waals surface area contributed by atoms with Gasteiger partial charge >= 0.3 is 11.9 Å². The summed E-state index contributed by atoms with van der Waals surface area (Å²) in [4.78, 5) is 22.9. The zero-order chi connectivity index (χ0) is 18.7. The number of rotatable bonds is 7. The molecule has 0 amide bonds. The highest BCUT2D eigenvalue weighted by Gasteiger charge is 2.26. The Morgan fingerprint density at radius 2 is 1.83 bits per heavy atom. The molecule has 1 aromatic carbocycles. The molecule has 0 fully saturated rings. The van der Waals surface area contributed by atoms with Gasteiger partial charge in [-0.15, -0.1) is 0 Å². The number of carboxylic acid groups (broad SMARTS) is 1. The van der Waals surface area contributed by atoms with Crippen molar-refractivity contribution < 1.29 is 27.9 Å². The summed E-state index contributed by atoms with van der Waals surface area (Å²) < 4.78 is 31.2. The predicted octanol–water partition coefficient (Wildman–Crippen LogP) is 1.90. The summed E-state index contributed by atoms with van der Waals surface area (Å²) >= 11 is 0. The molecule has 0 spiro atoms. The number of hydrogen-bond acceptors (Lipinski definition) is 5. The molecule has 0 aliphatic rings. The Morgan fingerprint density at radius 1 is 1.25 bits per heavy atom. The Kier molecular flexibility index (Phi) is 6.50. The van der Waals surface area contributed by atoms with Gasteiger partial charge in [0.2, 0.25) is 10.0 Å². The monoisotopic (exact) mass is 357 g/mol. The lowest BCUT2D eigenvalue weighted by molar-refractivity contribution is -0.141. The minimum Gasteiger partial charge on any atom is -0.481 e. The maximum atomic E-state index is 12.6. The first-order chi connectivity index (χ1) is 11.0. The zero-order valence-electron chi connectivity index (χ0n) is 14.4. The number of aryl methyl sites for hydroxylation is 1. The van der Waals surface area contributed by atoms with Crippen molar-refractivity contribution >= 4 is 22.0 Å². The fourth-order valence-electron chi connectivity index (χ4n) is 2.00. The number of sulfonamides is 1. The Morgan fingerprint density at radius 3 is 2.33 bits per heavy atom. The van der Waals surface area contributed by atoms with Crippen LogP contribution in [-0.2, 0) is 19.6 Å². The molecule has 7 nitrogen and oxygen atoms in total. The lowest BCUT2D eigenvalue weighted by Gasteiger charge is -2.20. The fraction of sp³-hybridized carbons (Fsp3) is 0.500. The maximum Gasteiger partial charge on any atom is 0.338 e. The molecule has 24 heavy (non-hydrogen) atoms. The van der Waals surface area contributed by atoms with Gasteiger partial charge in [0.05, 0.1) is 22.5 Å². The molecular weight excluding hydrogens is 334 g/mol. The van der Waals surface area contributed by atoms with Crippen LogP contribution in [0.4, 0.5) is 0 Å². The highest BCUT2D eigenvalue weighted by atomic mass is 32.2. The van der Waals surface area contributed by atoms with Crippen LogP contribution in [-0.4, -0.2) is 49.5 Å². The highest BCUT2D eigenvalue weighted by Crippen LogP contribution is 2.20. The van der Waals surface area contributed by atoms with Crippen LogP contribution < -0.4 is 0 Å². The molecule has 0 heterocycles. The van der Waals surface area contributed by atoms with Gasteiger partial charge in [-0.2, -0.15) is 0 Å². The molecule has 1 atom stereocenters. The van der Waals surface area contributed by atoms with Gasteiger partial charge in [-0.1, -0.05) is 13.0 Å². The summed E-state index contributed by atoms with van der Waals surface area (Å²) in [5.74, 6) is -2.52. The average Bonchev–Trinajstić information content (AvgIpc) is 2.46. The molecule has 0 aliphatic heterocycles. The molecule has 0 saturated heterocycles. The third kappa shape index (κ3) is 4.78. The van der Waals surface area contributed by atoms with Crippen molar-refractivity contribution in [3.8, 4) is 0 Å². The van der Waals surface area contributed by atoms with Gasteiger partial charge in [-0.25, -0.2) is 17.5 Å². The minimum absolute atomic E-state index is 0.0797. The molecule has 1 N–H and O–H groups in total. The number of carbonyl (C=O) groups is 2. The van der Waals surface area contributed by atoms with Gasteiger partial charge < -0.3 is 9.84 Å². The van der Waals surface area contributed by atoms with E-state index < -0.39 is 27.9 Å². The SMILES string of the molecule is Cc1ccc(S(=O)(=O)N(C)CC(C)C(=O)O)cc1C(=O)OC(C)C. The Hall–Kier alpha value is -1.93. The summed E-state index contributed by atoms with van der Waals surface area (Å²) in [7, 11) is -2.60. The van der Waals surface area contributed by atoms with Crippen LogP contribution in [0.1, 0.15) is 36.7 Å². The third-order valence-corrected chi connectivity index (χ3v) is 5.25. The number of ether oxygens (including phenoxy) is 1. The van der Waals surface area contributed by atoms with Crippen molar-refractivity contribution in [3.63, 3.8) is 0 Å². The summed E-state index contributed by atoms with van der Waals surface area (Å²) in [6.07, 6.45) is -0.323. The second kappa shape index (κ2) is 7.76. The summed E-state index contributed by atoms with van der Waals surface area (Å²) in [5.41, 5.74) is 0.769. The van der Waals surface area contributed by atoms with Gasteiger partial charge in [0, 0.05) is 13.6 Å². The van der Waals surface area contributed by atoms with Crippen molar-refractivity contribution in [1.29, 1.82) is 0 Å². The largest absolute Gasteiger partial charge is 0.481 e. The number of hydrogen-bond donors (Lipinski definition) is 1. The van der Waals surface area contributed by atoms with Crippen molar-refractivity contribution in [2.75, 3.05) is 13.6 Å². The molecular formula is C16H23NO6S. The van der Waals surface area contributed by atoms with Crippen molar-refractivity contribution in [2.24, 2.45) is 5.92 Å². The van der Waals surface area contributed by atoms with Gasteiger partial charge in [0.1, 0.15) is 0 Å². The quantitative estimate of drug-likeness (QED) is 0.748. The van der Waals surface area contributed by atoms with E-state index in [0.29, 0.717) is 5.56 Å². The number of aliphatic carboxylic acids is 1. The van der Waals surface area contributed by atoms with Crippen LogP contribution in [0.15, 0.2) is 23.1 Å². The third-order valence-electron chi connectivity index (χ3n) is 3.43. The van der Waals surface area contributed by atoms with E-state index >= 15 is 0 Å². The molecule has 1 aromatic rings. The van der Waals surface area contributed by atoms with Crippen LogP contribution in [0.3, 0.4) is 0 Å². The second-order valence-corrected chi connectivity index (χ2v) is 8.00. The molecule has 134 valence electrons. The fourth-order valence-corrected chi connectivity index (χ4v) is 3.29. The van der Waals surface area contributed by atoms with E-state index in [0.717, 1.165) is 4.31 Å². The van der Waals surface area contributed by atoms with Crippen LogP contribution in [0.2, 0.25) is 0 Å². The molecule has 1 rings (SSSR count). The Bertz CT molecular complexity index is 726. The van der Waals surface area contributed by atoms with E-state index in [-0.39, 0.29) is 23.1 Å². The predicted molar refractivity (Wildman–Crippen MR) is 88.3 cm³/mol. The first-order valence-corrected chi connectivity index (χ1v) is 8.91. The molecule has 0 bridgehead atoms. The number of esters is 1. The molecule has 0 saturated carbocycles. The van der Waals surface area contributed by atoms with Crippen LogP contribution >= 0.6 is 0 Å². The van der Waals surface area contributed by atoms with E-state index in [1.54, 1.807) is 20.8 Å². The Balaban J connectivity index is 3.17. The lowest BCUT2D eigenvalue weighted by atomic mass is 10.1. The zero-order valence-corrected chi connectivity index (χ0v) is 15.3. The van der Waals surface area contributed by atoms with Gasteiger partial charge in [-0.05, 0) is 38.5 Å².